The molecule has 5 nitrogen and oxygen atoms in total. The van der Waals surface area contributed by atoms with Gasteiger partial charge in [-0.3, -0.25) is 4.79 Å². The number of hydrogen-bond donors (Lipinski definition) is 2. The summed E-state index contributed by atoms with van der Waals surface area (Å²) in [5.74, 6) is 1.63. The SMILES string of the molecule is COc1ccc(SC(C)C(=O)NCC(c2ccc(OC)cc2)c2c[nH]c3ccccc23)cc1. The number of methoxy groups -OCH3 is 2. The first-order valence-electron chi connectivity index (χ1n) is 10.9. The lowest BCUT2D eigenvalue weighted by atomic mass is 9.90. The fourth-order valence-electron chi connectivity index (χ4n) is 3.88. The lowest BCUT2D eigenvalue weighted by Gasteiger charge is -2.20. The van der Waals surface area contributed by atoms with Crippen molar-refractivity contribution in [1.29, 1.82) is 0 Å². The average Bonchev–Trinajstić information content (AvgIpc) is 3.29. The number of benzene rings is 3. The molecule has 170 valence electrons. The summed E-state index contributed by atoms with van der Waals surface area (Å²) in [7, 11) is 3.30. The van der Waals surface area contributed by atoms with Crippen molar-refractivity contribution in [2.45, 2.75) is 23.0 Å². The second-order valence-corrected chi connectivity index (χ2v) is 9.21. The van der Waals surface area contributed by atoms with E-state index in [0.717, 1.165) is 38.4 Å². The van der Waals surface area contributed by atoms with Gasteiger partial charge in [0.15, 0.2) is 0 Å². The maximum Gasteiger partial charge on any atom is 0.233 e. The maximum atomic E-state index is 13.0. The lowest BCUT2D eigenvalue weighted by Crippen LogP contribution is -2.34. The Balaban J connectivity index is 1.51. The molecular formula is C27H28N2O3S. The standard InChI is InChI=1S/C27H28N2O3S/c1-18(33-22-14-12-21(32-3)13-15-22)27(30)29-16-24(19-8-10-20(31-2)11-9-19)25-17-28-26-7-5-4-6-23(25)26/h4-15,17-18,24,28H,16H2,1-3H3,(H,29,30). The van der Waals surface area contributed by atoms with Crippen LogP contribution in [0, 0.1) is 0 Å². The number of fused-ring (bicyclic) bond motifs is 1. The van der Waals surface area contributed by atoms with Crippen molar-refractivity contribution >= 4 is 28.6 Å². The van der Waals surface area contributed by atoms with Crippen molar-refractivity contribution in [2.75, 3.05) is 20.8 Å². The molecule has 0 spiro atoms. The van der Waals surface area contributed by atoms with Crippen LogP contribution in [-0.4, -0.2) is 36.9 Å². The number of carbonyl (C=O) groups excluding carboxylic acids is 1. The first-order valence-corrected chi connectivity index (χ1v) is 11.8. The highest BCUT2D eigenvalue weighted by Crippen LogP contribution is 2.32. The minimum absolute atomic E-state index is 0.00849. The minimum atomic E-state index is -0.224. The molecule has 2 N–H and O–H groups in total. The summed E-state index contributed by atoms with van der Waals surface area (Å²) in [5, 5.41) is 4.11. The number of thioether (sulfide) groups is 1. The third kappa shape index (κ3) is 5.34. The molecule has 0 aliphatic heterocycles. The van der Waals surface area contributed by atoms with Crippen LogP contribution in [0.2, 0.25) is 0 Å². The van der Waals surface area contributed by atoms with Crippen LogP contribution in [0.4, 0.5) is 0 Å². The van der Waals surface area contributed by atoms with Crippen molar-refractivity contribution in [3.63, 3.8) is 0 Å². The van der Waals surface area contributed by atoms with Crippen LogP contribution in [0.25, 0.3) is 10.9 Å². The quantitative estimate of drug-likeness (QED) is 0.319. The Labute approximate surface area is 198 Å². The maximum absolute atomic E-state index is 13.0. The van der Waals surface area contributed by atoms with Gasteiger partial charge in [0.25, 0.3) is 0 Å². The van der Waals surface area contributed by atoms with Crippen LogP contribution in [-0.2, 0) is 4.79 Å². The number of rotatable bonds is 9. The number of hydrogen-bond acceptors (Lipinski definition) is 4. The second-order valence-electron chi connectivity index (χ2n) is 7.80. The molecule has 0 aliphatic rings. The van der Waals surface area contributed by atoms with Crippen molar-refractivity contribution in [1.82, 2.24) is 10.3 Å². The summed E-state index contributed by atoms with van der Waals surface area (Å²) in [6.45, 7) is 2.43. The Bertz CT molecular complexity index is 1200. The molecule has 2 unspecified atom stereocenters. The molecule has 1 amide bonds. The number of H-pyrrole nitrogens is 1. The fourth-order valence-corrected chi connectivity index (χ4v) is 4.78. The largest absolute Gasteiger partial charge is 0.497 e. The average molecular weight is 461 g/mol. The van der Waals surface area contributed by atoms with Gasteiger partial charge >= 0.3 is 0 Å². The van der Waals surface area contributed by atoms with Crippen LogP contribution < -0.4 is 14.8 Å². The summed E-state index contributed by atoms with van der Waals surface area (Å²) < 4.78 is 10.5. The van der Waals surface area contributed by atoms with E-state index in [1.165, 1.54) is 11.8 Å². The van der Waals surface area contributed by atoms with Gasteiger partial charge in [-0.25, -0.2) is 0 Å². The topological polar surface area (TPSA) is 63.4 Å². The van der Waals surface area contributed by atoms with Gasteiger partial charge in [0.05, 0.1) is 19.5 Å². The van der Waals surface area contributed by atoms with Crippen molar-refractivity contribution < 1.29 is 14.3 Å². The highest BCUT2D eigenvalue weighted by molar-refractivity contribution is 8.00. The summed E-state index contributed by atoms with van der Waals surface area (Å²) >= 11 is 1.53. The molecule has 0 saturated heterocycles. The van der Waals surface area contributed by atoms with Crippen molar-refractivity contribution in [2.24, 2.45) is 0 Å². The summed E-state index contributed by atoms with van der Waals surface area (Å²) in [5.41, 5.74) is 3.36. The Kier molecular flexibility index (Phi) is 7.25. The lowest BCUT2D eigenvalue weighted by molar-refractivity contribution is -0.120. The number of aromatic nitrogens is 1. The molecule has 1 aromatic heterocycles. The number of carbonyl (C=O) groups is 1. The number of para-hydroxylation sites is 1. The number of ether oxygens (including phenoxy) is 2. The van der Waals surface area contributed by atoms with Crippen LogP contribution in [0.3, 0.4) is 0 Å². The molecule has 4 rings (SSSR count). The number of aromatic amines is 1. The predicted octanol–water partition coefficient (Wildman–Crippen LogP) is 5.61. The van der Waals surface area contributed by atoms with Gasteiger partial charge in [0.2, 0.25) is 5.91 Å². The van der Waals surface area contributed by atoms with E-state index in [0.29, 0.717) is 6.54 Å². The van der Waals surface area contributed by atoms with E-state index in [4.69, 9.17) is 9.47 Å². The molecule has 0 bridgehead atoms. The molecule has 2 atom stereocenters. The summed E-state index contributed by atoms with van der Waals surface area (Å²) in [4.78, 5) is 17.3. The number of amides is 1. The second kappa shape index (κ2) is 10.5. The first kappa shape index (κ1) is 22.8. The Morgan fingerprint density at radius 1 is 0.939 bits per heavy atom. The van der Waals surface area contributed by atoms with E-state index in [9.17, 15) is 4.79 Å². The molecule has 0 aliphatic carbocycles. The van der Waals surface area contributed by atoms with E-state index in [2.05, 4.69) is 34.6 Å². The Morgan fingerprint density at radius 3 is 2.24 bits per heavy atom. The van der Waals surface area contributed by atoms with Gasteiger partial charge in [0.1, 0.15) is 11.5 Å². The van der Waals surface area contributed by atoms with Gasteiger partial charge < -0.3 is 19.8 Å². The molecular weight excluding hydrogens is 432 g/mol. The number of nitrogens with one attached hydrogen (secondary N) is 2. The molecule has 4 aromatic rings. The fraction of sp³-hybridized carbons (Fsp3) is 0.222. The molecule has 3 aromatic carbocycles. The van der Waals surface area contributed by atoms with Crippen LogP contribution in [0.1, 0.15) is 24.0 Å². The van der Waals surface area contributed by atoms with Gasteiger partial charge in [-0.1, -0.05) is 30.3 Å². The Hall–Kier alpha value is -3.38. The third-order valence-electron chi connectivity index (χ3n) is 5.74. The molecule has 1 heterocycles. The van der Waals surface area contributed by atoms with Crippen LogP contribution >= 0.6 is 11.8 Å². The zero-order chi connectivity index (χ0) is 23.2. The van der Waals surface area contributed by atoms with E-state index < -0.39 is 0 Å². The zero-order valence-corrected chi connectivity index (χ0v) is 19.8. The highest BCUT2D eigenvalue weighted by Gasteiger charge is 2.21. The molecule has 6 heteroatoms. The highest BCUT2D eigenvalue weighted by atomic mass is 32.2. The van der Waals surface area contributed by atoms with Gasteiger partial charge in [-0.15, -0.1) is 11.8 Å². The molecule has 0 radical (unpaired) electrons. The molecule has 0 fully saturated rings. The normalized spacial score (nSPS) is 12.8. The van der Waals surface area contributed by atoms with Crippen molar-refractivity contribution in [3.05, 3.63) is 90.1 Å². The van der Waals surface area contributed by atoms with Crippen LogP contribution in [0.5, 0.6) is 11.5 Å². The molecule has 0 saturated carbocycles. The molecule has 33 heavy (non-hydrogen) atoms. The van der Waals surface area contributed by atoms with Gasteiger partial charge in [-0.2, -0.15) is 0 Å². The van der Waals surface area contributed by atoms with Crippen LogP contribution in [0.15, 0.2) is 83.9 Å². The Morgan fingerprint density at radius 2 is 1.58 bits per heavy atom. The minimum Gasteiger partial charge on any atom is -0.497 e. The first-order chi connectivity index (χ1) is 16.1. The smallest absolute Gasteiger partial charge is 0.233 e. The van der Waals surface area contributed by atoms with E-state index in [1.807, 2.05) is 61.7 Å². The van der Waals surface area contributed by atoms with E-state index in [-0.39, 0.29) is 17.1 Å². The summed E-state index contributed by atoms with van der Waals surface area (Å²) in [6.07, 6.45) is 2.04. The van der Waals surface area contributed by atoms with Crippen molar-refractivity contribution in [3.8, 4) is 11.5 Å². The predicted molar refractivity (Wildman–Crippen MR) is 134 cm³/mol. The van der Waals surface area contributed by atoms with E-state index >= 15 is 0 Å². The zero-order valence-electron chi connectivity index (χ0n) is 19.0. The van der Waals surface area contributed by atoms with E-state index in [1.54, 1.807) is 14.2 Å². The summed E-state index contributed by atoms with van der Waals surface area (Å²) in [6, 6.07) is 24.0. The third-order valence-corrected chi connectivity index (χ3v) is 6.85. The van der Waals surface area contributed by atoms with Gasteiger partial charge in [0, 0.05) is 34.5 Å². The van der Waals surface area contributed by atoms with Gasteiger partial charge in [-0.05, 0) is 60.5 Å². The monoisotopic (exact) mass is 460 g/mol.